The number of rotatable bonds is 12. The second-order valence-corrected chi connectivity index (χ2v) is 5.52. The van der Waals surface area contributed by atoms with Crippen LogP contribution in [0.1, 0.15) is 71.1 Å². The molecule has 0 fully saturated rings. The van der Waals surface area contributed by atoms with E-state index < -0.39 is 10.4 Å². The van der Waals surface area contributed by atoms with Crippen LogP contribution < -0.4 is 0 Å². The van der Waals surface area contributed by atoms with E-state index in [0.29, 0.717) is 6.42 Å². The van der Waals surface area contributed by atoms with E-state index in [9.17, 15) is 8.42 Å². The molecule has 0 aromatic rings. The van der Waals surface area contributed by atoms with Crippen molar-refractivity contribution in [2.75, 3.05) is 6.61 Å². The predicted octanol–water partition coefficient (Wildman–Crippen LogP) is 4.30. The molecule has 0 bridgehead atoms. The van der Waals surface area contributed by atoms with Gasteiger partial charge in [-0.05, 0) is 6.42 Å². The normalized spacial score (nSPS) is 11.2. The monoisotopic (exact) mass is 346 g/mol. The van der Waals surface area contributed by atoms with Crippen LogP contribution in [0.2, 0.25) is 0 Å². The van der Waals surface area contributed by atoms with Crippen molar-refractivity contribution in [2.24, 2.45) is 0 Å². The molecule has 0 aliphatic rings. The van der Waals surface area contributed by atoms with Crippen LogP contribution in [0.4, 0.5) is 0 Å². The number of unbranched alkanes of at least 4 members (excludes halogenated alkanes) is 9. The van der Waals surface area contributed by atoms with Crippen molar-refractivity contribution in [3.05, 3.63) is 0 Å². The maximum Gasteiger partial charge on any atom is 0.397 e. The lowest BCUT2D eigenvalue weighted by Crippen LogP contribution is -2.04. The van der Waals surface area contributed by atoms with Crippen LogP contribution in [-0.4, -0.2) is 19.6 Å². The summed E-state index contributed by atoms with van der Waals surface area (Å²) in [6.07, 6.45) is 11.9. The summed E-state index contributed by atoms with van der Waals surface area (Å²) in [7, 11) is -4.23. The molecule has 4 nitrogen and oxygen atoms in total. The highest BCUT2D eigenvalue weighted by Crippen LogP contribution is 2.10. The molecule has 0 amide bonds. The Kier molecular flexibility index (Phi) is 15.8. The minimum absolute atomic E-state index is 0. The Hall–Kier alpha value is 0.350. The number of hydrogen-bond donors (Lipinski definition) is 1. The van der Waals surface area contributed by atoms with Gasteiger partial charge in [-0.1, -0.05) is 64.7 Å². The van der Waals surface area contributed by atoms with Crippen molar-refractivity contribution in [1.29, 1.82) is 0 Å². The smallest absolute Gasteiger partial charge is 0.264 e. The van der Waals surface area contributed by atoms with Gasteiger partial charge in [0, 0.05) is 0 Å². The molecule has 6 heteroatoms. The molecule has 112 valence electrons. The fraction of sp³-hybridized carbons (Fsp3) is 1.00. The summed E-state index contributed by atoms with van der Waals surface area (Å²) < 4.78 is 33.0. The molecular weight excluding hydrogens is 320 g/mol. The third kappa shape index (κ3) is 18.7. The third-order valence-electron chi connectivity index (χ3n) is 2.73. The van der Waals surface area contributed by atoms with Crippen LogP contribution in [-0.2, 0) is 14.6 Å². The van der Waals surface area contributed by atoms with Crippen molar-refractivity contribution in [3.63, 3.8) is 0 Å². The first-order valence-corrected chi connectivity index (χ1v) is 8.04. The van der Waals surface area contributed by atoms with Gasteiger partial charge in [0.05, 0.1) is 6.61 Å². The average molecular weight is 347 g/mol. The maximum atomic E-state index is 10.2. The first-order chi connectivity index (χ1) is 8.06. The molecule has 0 rings (SSSR count). The van der Waals surface area contributed by atoms with Gasteiger partial charge >= 0.3 is 10.4 Å². The Morgan fingerprint density at radius 2 is 1.22 bits per heavy atom. The van der Waals surface area contributed by atoms with Crippen molar-refractivity contribution in [2.45, 2.75) is 71.1 Å². The molecule has 0 aliphatic carbocycles. The number of halogens is 1. The lowest BCUT2D eigenvalue weighted by Gasteiger charge is -2.02. The van der Waals surface area contributed by atoms with E-state index in [1.54, 1.807) is 0 Å². The van der Waals surface area contributed by atoms with Crippen molar-refractivity contribution >= 4 is 27.4 Å². The van der Waals surface area contributed by atoms with E-state index in [1.165, 1.54) is 44.9 Å². The summed E-state index contributed by atoms with van der Waals surface area (Å²) in [6.45, 7) is 2.31. The summed E-state index contributed by atoms with van der Waals surface area (Å²) in [6, 6.07) is 0. The fourth-order valence-electron chi connectivity index (χ4n) is 1.75. The van der Waals surface area contributed by atoms with Gasteiger partial charge in [-0.15, -0.1) is 17.0 Å². The predicted molar refractivity (Wildman–Crippen MR) is 79.7 cm³/mol. The third-order valence-corrected chi connectivity index (χ3v) is 3.19. The van der Waals surface area contributed by atoms with Crippen molar-refractivity contribution in [1.82, 2.24) is 0 Å². The first-order valence-electron chi connectivity index (χ1n) is 6.68. The van der Waals surface area contributed by atoms with Gasteiger partial charge in [0.15, 0.2) is 0 Å². The molecule has 0 heterocycles. The highest BCUT2D eigenvalue weighted by atomic mass is 79.9. The second kappa shape index (κ2) is 13.8. The SMILES string of the molecule is Br.CCCCCCCCCCCCOS(=O)(=O)O. The summed E-state index contributed by atoms with van der Waals surface area (Å²) in [5, 5.41) is 0. The molecule has 18 heavy (non-hydrogen) atoms. The molecule has 0 atom stereocenters. The zero-order valence-electron chi connectivity index (χ0n) is 11.3. The van der Waals surface area contributed by atoms with Crippen LogP contribution in [0, 0.1) is 0 Å². The molecule has 0 spiro atoms. The second-order valence-electron chi connectivity index (χ2n) is 4.43. The maximum absolute atomic E-state index is 10.2. The summed E-state index contributed by atoms with van der Waals surface area (Å²) in [5.74, 6) is 0. The van der Waals surface area contributed by atoms with E-state index in [4.69, 9.17) is 4.55 Å². The highest BCUT2D eigenvalue weighted by Gasteiger charge is 2.02. The van der Waals surface area contributed by atoms with Gasteiger partial charge in [-0.25, -0.2) is 4.18 Å². The van der Waals surface area contributed by atoms with Crippen molar-refractivity contribution in [3.8, 4) is 0 Å². The molecule has 0 saturated heterocycles. The summed E-state index contributed by atoms with van der Waals surface area (Å²) in [4.78, 5) is 0. The van der Waals surface area contributed by atoms with Gasteiger partial charge in [0.1, 0.15) is 0 Å². The minimum atomic E-state index is -4.23. The molecular formula is C12H27BrO4S. The van der Waals surface area contributed by atoms with Gasteiger partial charge in [-0.2, -0.15) is 8.42 Å². The topological polar surface area (TPSA) is 63.6 Å². The first kappa shape index (κ1) is 20.7. The standard InChI is InChI=1S/C12H26O4S.BrH/c1-2-3-4-5-6-7-8-9-10-11-12-16-17(13,14)15;/h2-12H2,1H3,(H,13,14,15);1H. The van der Waals surface area contributed by atoms with E-state index in [-0.39, 0.29) is 23.6 Å². The van der Waals surface area contributed by atoms with E-state index in [1.807, 2.05) is 0 Å². The van der Waals surface area contributed by atoms with E-state index in [2.05, 4.69) is 11.1 Å². The Morgan fingerprint density at radius 3 is 1.61 bits per heavy atom. The summed E-state index contributed by atoms with van der Waals surface area (Å²) >= 11 is 0. The van der Waals surface area contributed by atoms with Crippen LogP contribution >= 0.6 is 17.0 Å². The molecule has 0 aliphatic heterocycles. The van der Waals surface area contributed by atoms with Crippen molar-refractivity contribution < 1.29 is 17.2 Å². The van der Waals surface area contributed by atoms with Crippen LogP contribution in [0.5, 0.6) is 0 Å². The minimum Gasteiger partial charge on any atom is -0.264 e. The quantitative estimate of drug-likeness (QED) is 0.422. The highest BCUT2D eigenvalue weighted by molar-refractivity contribution is 8.93. The lowest BCUT2D eigenvalue weighted by molar-refractivity contribution is 0.261. The summed E-state index contributed by atoms with van der Waals surface area (Å²) in [5.41, 5.74) is 0. The van der Waals surface area contributed by atoms with Gasteiger partial charge < -0.3 is 0 Å². The molecule has 0 aromatic carbocycles. The largest absolute Gasteiger partial charge is 0.397 e. The zero-order valence-corrected chi connectivity index (χ0v) is 13.8. The fourth-order valence-corrected chi connectivity index (χ4v) is 2.08. The Bertz CT molecular complexity index is 255. The van der Waals surface area contributed by atoms with Crippen LogP contribution in [0.15, 0.2) is 0 Å². The molecule has 0 unspecified atom stereocenters. The molecule has 1 N–H and O–H groups in total. The average Bonchev–Trinajstić information content (AvgIpc) is 2.24. The van der Waals surface area contributed by atoms with Gasteiger partial charge in [-0.3, -0.25) is 4.55 Å². The van der Waals surface area contributed by atoms with Crippen LogP contribution in [0.3, 0.4) is 0 Å². The molecule has 0 aromatic heterocycles. The van der Waals surface area contributed by atoms with E-state index >= 15 is 0 Å². The lowest BCUT2D eigenvalue weighted by atomic mass is 10.1. The Labute approximate surface area is 122 Å². The van der Waals surface area contributed by atoms with Crippen LogP contribution in [0.25, 0.3) is 0 Å². The number of hydrogen-bond acceptors (Lipinski definition) is 3. The zero-order chi connectivity index (χ0) is 13.0. The Morgan fingerprint density at radius 1 is 0.833 bits per heavy atom. The van der Waals surface area contributed by atoms with Gasteiger partial charge in [0.2, 0.25) is 0 Å². The molecule has 0 radical (unpaired) electrons. The Balaban J connectivity index is 0. The molecule has 0 saturated carbocycles. The van der Waals surface area contributed by atoms with E-state index in [0.717, 1.165) is 12.8 Å². The van der Waals surface area contributed by atoms with Gasteiger partial charge in [0.25, 0.3) is 0 Å².